The highest BCUT2D eigenvalue weighted by molar-refractivity contribution is 5.45. The molecule has 0 saturated heterocycles. The lowest BCUT2D eigenvalue weighted by atomic mass is 9.89. The van der Waals surface area contributed by atoms with Crippen LogP contribution in [0.3, 0.4) is 0 Å². The predicted octanol–water partition coefficient (Wildman–Crippen LogP) is 1.46. The molecule has 0 bridgehead atoms. The van der Waals surface area contributed by atoms with Crippen molar-refractivity contribution in [2.24, 2.45) is 5.73 Å². The van der Waals surface area contributed by atoms with Gasteiger partial charge in [0, 0.05) is 11.6 Å². The van der Waals surface area contributed by atoms with Crippen LogP contribution < -0.4 is 20.5 Å². The van der Waals surface area contributed by atoms with Gasteiger partial charge in [0.25, 0.3) is 0 Å². The van der Waals surface area contributed by atoms with E-state index in [1.165, 1.54) is 0 Å². The number of fused-ring (bicyclic) bond motifs is 1. The fourth-order valence-corrected chi connectivity index (χ4v) is 2.21. The molecule has 1 aliphatic rings. The molecule has 4 heteroatoms. The average Bonchev–Trinajstić information content (AvgIpc) is 2.28. The van der Waals surface area contributed by atoms with Crippen LogP contribution in [0.1, 0.15) is 25.5 Å². The van der Waals surface area contributed by atoms with Crippen molar-refractivity contribution in [1.82, 2.24) is 5.32 Å². The van der Waals surface area contributed by atoms with Gasteiger partial charge in [-0.1, -0.05) is 6.07 Å². The number of hydrogen-bond acceptors (Lipinski definition) is 4. The summed E-state index contributed by atoms with van der Waals surface area (Å²) < 4.78 is 11.1. The summed E-state index contributed by atoms with van der Waals surface area (Å²) in [6, 6.07) is 6.06. The second-order valence-corrected chi connectivity index (χ2v) is 4.95. The first kappa shape index (κ1) is 12.2. The molecule has 0 saturated carbocycles. The Morgan fingerprint density at radius 1 is 1.24 bits per heavy atom. The second-order valence-electron chi connectivity index (χ2n) is 4.95. The smallest absolute Gasteiger partial charge is 0.161 e. The molecule has 4 nitrogen and oxygen atoms in total. The first-order valence-corrected chi connectivity index (χ1v) is 5.88. The molecular weight excluding hydrogens is 216 g/mol. The fraction of sp³-hybridized carbons (Fsp3) is 0.538. The third kappa shape index (κ3) is 2.53. The van der Waals surface area contributed by atoms with Crippen molar-refractivity contribution in [3.63, 3.8) is 0 Å². The van der Waals surface area contributed by atoms with Gasteiger partial charge in [-0.25, -0.2) is 0 Å². The number of nitrogens with one attached hydrogen (secondary N) is 1. The summed E-state index contributed by atoms with van der Waals surface area (Å²) in [7, 11) is 1.91. The van der Waals surface area contributed by atoms with E-state index in [1.54, 1.807) is 0 Å². The summed E-state index contributed by atoms with van der Waals surface area (Å²) >= 11 is 0. The van der Waals surface area contributed by atoms with Crippen molar-refractivity contribution in [2.45, 2.75) is 25.4 Å². The van der Waals surface area contributed by atoms with Crippen molar-refractivity contribution >= 4 is 0 Å². The van der Waals surface area contributed by atoms with Gasteiger partial charge in [-0.05, 0) is 38.6 Å². The molecule has 0 spiro atoms. The maximum Gasteiger partial charge on any atom is 0.161 e. The average molecular weight is 236 g/mol. The molecule has 94 valence electrons. The van der Waals surface area contributed by atoms with E-state index in [0.29, 0.717) is 13.2 Å². The lowest BCUT2D eigenvalue weighted by molar-refractivity contribution is 0.171. The Kier molecular flexibility index (Phi) is 3.26. The van der Waals surface area contributed by atoms with Crippen LogP contribution in [0.25, 0.3) is 0 Å². The van der Waals surface area contributed by atoms with Gasteiger partial charge in [0.15, 0.2) is 11.5 Å². The topological polar surface area (TPSA) is 56.5 Å². The molecule has 0 aromatic heterocycles. The summed E-state index contributed by atoms with van der Waals surface area (Å²) in [6.07, 6.45) is 0. The van der Waals surface area contributed by atoms with Gasteiger partial charge in [-0.2, -0.15) is 0 Å². The molecule has 1 aromatic carbocycles. The second kappa shape index (κ2) is 4.55. The van der Waals surface area contributed by atoms with E-state index in [0.717, 1.165) is 17.1 Å². The Bertz CT molecular complexity index is 399. The lowest BCUT2D eigenvalue weighted by Crippen LogP contribution is -2.45. The Labute approximate surface area is 102 Å². The van der Waals surface area contributed by atoms with E-state index in [-0.39, 0.29) is 11.6 Å². The van der Waals surface area contributed by atoms with Gasteiger partial charge in [-0.15, -0.1) is 0 Å². The highest BCUT2D eigenvalue weighted by Gasteiger charge is 2.26. The van der Waals surface area contributed by atoms with Crippen LogP contribution in [-0.4, -0.2) is 25.8 Å². The molecule has 1 unspecified atom stereocenters. The molecule has 0 amide bonds. The van der Waals surface area contributed by atoms with Crippen LogP contribution >= 0.6 is 0 Å². The molecule has 0 fully saturated rings. The van der Waals surface area contributed by atoms with Crippen LogP contribution in [0.5, 0.6) is 11.5 Å². The molecule has 3 N–H and O–H groups in total. The third-order valence-electron chi connectivity index (χ3n) is 2.93. The Hall–Kier alpha value is -1.26. The summed E-state index contributed by atoms with van der Waals surface area (Å²) in [4.78, 5) is 0. The minimum Gasteiger partial charge on any atom is -0.486 e. The summed E-state index contributed by atoms with van der Waals surface area (Å²) in [5.41, 5.74) is 6.94. The van der Waals surface area contributed by atoms with Crippen LogP contribution in [-0.2, 0) is 0 Å². The molecule has 0 radical (unpaired) electrons. The quantitative estimate of drug-likeness (QED) is 0.834. The largest absolute Gasteiger partial charge is 0.486 e. The monoisotopic (exact) mass is 236 g/mol. The standard InChI is InChI=1S/C13H20N2O2/c1-13(2,14)12(15-3)9-4-5-10-11(8-9)17-7-6-16-10/h4-5,8,12,15H,6-7,14H2,1-3H3. The van der Waals surface area contributed by atoms with Gasteiger partial charge >= 0.3 is 0 Å². The van der Waals surface area contributed by atoms with Crippen molar-refractivity contribution < 1.29 is 9.47 Å². The minimum absolute atomic E-state index is 0.0818. The molecule has 17 heavy (non-hydrogen) atoms. The summed E-state index contributed by atoms with van der Waals surface area (Å²) in [5.74, 6) is 1.61. The highest BCUT2D eigenvalue weighted by atomic mass is 16.6. The predicted molar refractivity (Wildman–Crippen MR) is 67.5 cm³/mol. The van der Waals surface area contributed by atoms with E-state index < -0.39 is 0 Å². The highest BCUT2D eigenvalue weighted by Crippen LogP contribution is 2.34. The van der Waals surface area contributed by atoms with E-state index in [2.05, 4.69) is 5.32 Å². The lowest BCUT2D eigenvalue weighted by Gasteiger charge is -2.31. The number of benzene rings is 1. The van der Waals surface area contributed by atoms with E-state index in [9.17, 15) is 0 Å². The van der Waals surface area contributed by atoms with Crippen molar-refractivity contribution in [1.29, 1.82) is 0 Å². The van der Waals surface area contributed by atoms with Crippen molar-refractivity contribution in [3.05, 3.63) is 23.8 Å². The van der Waals surface area contributed by atoms with Crippen molar-refractivity contribution in [2.75, 3.05) is 20.3 Å². The van der Waals surface area contributed by atoms with Crippen LogP contribution in [0.4, 0.5) is 0 Å². The van der Waals surface area contributed by atoms with E-state index in [4.69, 9.17) is 15.2 Å². The summed E-state index contributed by atoms with van der Waals surface area (Å²) in [5, 5.41) is 3.24. The van der Waals surface area contributed by atoms with Gasteiger partial charge in [0.1, 0.15) is 13.2 Å². The SMILES string of the molecule is CNC(c1ccc2c(c1)OCCO2)C(C)(C)N. The van der Waals surface area contributed by atoms with Crippen LogP contribution in [0.2, 0.25) is 0 Å². The first-order valence-electron chi connectivity index (χ1n) is 5.88. The van der Waals surface area contributed by atoms with E-state index in [1.807, 2.05) is 39.1 Å². The number of likely N-dealkylation sites (N-methyl/N-ethyl adjacent to an activating group) is 1. The Morgan fingerprint density at radius 3 is 2.47 bits per heavy atom. The molecule has 1 atom stereocenters. The normalized spacial score (nSPS) is 16.7. The van der Waals surface area contributed by atoms with Crippen molar-refractivity contribution in [3.8, 4) is 11.5 Å². The van der Waals surface area contributed by atoms with Gasteiger partial charge in [0.2, 0.25) is 0 Å². The van der Waals surface area contributed by atoms with Gasteiger partial charge < -0.3 is 20.5 Å². The Balaban J connectivity index is 2.32. The zero-order valence-electron chi connectivity index (χ0n) is 10.6. The molecular formula is C13H20N2O2. The number of ether oxygens (including phenoxy) is 2. The summed E-state index contributed by atoms with van der Waals surface area (Å²) in [6.45, 7) is 5.23. The molecule has 1 heterocycles. The minimum atomic E-state index is -0.335. The molecule has 0 aliphatic carbocycles. The van der Waals surface area contributed by atoms with Crippen LogP contribution in [0, 0.1) is 0 Å². The van der Waals surface area contributed by atoms with E-state index >= 15 is 0 Å². The molecule has 1 aromatic rings. The third-order valence-corrected chi connectivity index (χ3v) is 2.93. The molecule has 1 aliphatic heterocycles. The number of nitrogens with two attached hydrogens (primary N) is 1. The maximum absolute atomic E-state index is 6.16. The zero-order chi connectivity index (χ0) is 12.5. The fourth-order valence-electron chi connectivity index (χ4n) is 2.21. The Morgan fingerprint density at radius 2 is 1.88 bits per heavy atom. The molecule has 2 rings (SSSR count). The van der Waals surface area contributed by atoms with Crippen LogP contribution in [0.15, 0.2) is 18.2 Å². The zero-order valence-corrected chi connectivity index (χ0v) is 10.6. The first-order chi connectivity index (χ1) is 8.02. The maximum atomic E-state index is 6.16. The van der Waals surface area contributed by atoms with Gasteiger partial charge in [0.05, 0.1) is 0 Å². The number of hydrogen-bond donors (Lipinski definition) is 2. The number of rotatable bonds is 3. The van der Waals surface area contributed by atoms with Gasteiger partial charge in [-0.3, -0.25) is 0 Å².